The summed E-state index contributed by atoms with van der Waals surface area (Å²) in [6, 6.07) is 5.23. The lowest BCUT2D eigenvalue weighted by atomic mass is 10.0. The molecule has 0 aliphatic rings. The fraction of sp³-hybridized carbons (Fsp3) is 0.364. The van der Waals surface area contributed by atoms with Gasteiger partial charge in [-0.2, -0.15) is 31.1 Å². The van der Waals surface area contributed by atoms with E-state index in [1.165, 1.54) is 11.9 Å². The number of tetrazole rings is 1. The van der Waals surface area contributed by atoms with Gasteiger partial charge in [0.25, 0.3) is 5.95 Å². The molecule has 14 heteroatoms. The Kier molecular flexibility index (Phi) is 6.31. The number of nitrogens with zero attached hydrogens (tertiary/aromatic N) is 8. The average molecular weight is 512 g/mol. The Balaban J connectivity index is 1.80. The summed E-state index contributed by atoms with van der Waals surface area (Å²) in [5.41, 5.74) is -1.58. The van der Waals surface area contributed by atoms with Crippen molar-refractivity contribution >= 4 is 22.8 Å². The molecule has 0 atom stereocenters. The van der Waals surface area contributed by atoms with Crippen LogP contribution in [0.2, 0.25) is 0 Å². The normalized spacial score (nSPS) is 12.4. The van der Waals surface area contributed by atoms with Gasteiger partial charge < -0.3 is 14.4 Å². The molecule has 192 valence electrons. The first-order valence-electron chi connectivity index (χ1n) is 10.6. The molecule has 3 heterocycles. The fourth-order valence-electron chi connectivity index (χ4n) is 3.86. The highest BCUT2D eigenvalue weighted by molar-refractivity contribution is 5.80. The van der Waals surface area contributed by atoms with E-state index in [1.807, 2.05) is 29.9 Å². The molecule has 4 rings (SSSR count). The third kappa shape index (κ3) is 5.21. The number of benzene rings is 1. The van der Waals surface area contributed by atoms with E-state index in [4.69, 9.17) is 0 Å². The second-order valence-electron chi connectivity index (χ2n) is 8.55. The second-order valence-corrected chi connectivity index (χ2v) is 8.55. The van der Waals surface area contributed by atoms with E-state index in [2.05, 4.69) is 20.4 Å². The van der Waals surface area contributed by atoms with Gasteiger partial charge in [0.05, 0.1) is 18.2 Å². The summed E-state index contributed by atoms with van der Waals surface area (Å²) in [6.45, 7) is -0.285. The van der Waals surface area contributed by atoms with Crippen molar-refractivity contribution in [2.75, 3.05) is 23.9 Å². The van der Waals surface area contributed by atoms with E-state index in [1.54, 1.807) is 19.0 Å². The van der Waals surface area contributed by atoms with Crippen LogP contribution in [-0.4, -0.2) is 43.9 Å². The summed E-state index contributed by atoms with van der Waals surface area (Å²) in [5, 5.41) is 12.7. The summed E-state index contributed by atoms with van der Waals surface area (Å²) < 4.78 is 82.3. The van der Waals surface area contributed by atoms with Crippen LogP contribution in [-0.2, 0) is 39.5 Å². The summed E-state index contributed by atoms with van der Waals surface area (Å²) in [4.78, 5) is 9.08. The molecule has 36 heavy (non-hydrogen) atoms. The maximum Gasteiger partial charge on any atom is 0.416 e. The molecule has 3 aromatic heterocycles. The minimum Gasteiger partial charge on any atom is -0.362 e. The molecule has 0 bridgehead atoms. The van der Waals surface area contributed by atoms with Gasteiger partial charge in [0.15, 0.2) is 0 Å². The van der Waals surface area contributed by atoms with E-state index in [9.17, 15) is 26.3 Å². The first-order valence-corrected chi connectivity index (χ1v) is 10.6. The van der Waals surface area contributed by atoms with Crippen molar-refractivity contribution in [2.24, 2.45) is 14.1 Å². The van der Waals surface area contributed by atoms with Crippen LogP contribution in [0.4, 0.5) is 38.1 Å². The Hall–Kier alpha value is -3.84. The quantitative estimate of drug-likeness (QED) is 0.357. The van der Waals surface area contributed by atoms with Gasteiger partial charge in [-0.15, -0.1) is 5.10 Å². The zero-order valence-corrected chi connectivity index (χ0v) is 19.7. The number of aryl methyl sites for hydroxylation is 2. The van der Waals surface area contributed by atoms with Crippen molar-refractivity contribution < 1.29 is 26.3 Å². The molecule has 0 unspecified atom stereocenters. The van der Waals surface area contributed by atoms with Gasteiger partial charge in [-0.05, 0) is 41.1 Å². The molecule has 0 aliphatic heterocycles. The van der Waals surface area contributed by atoms with E-state index in [-0.39, 0.29) is 30.7 Å². The smallest absolute Gasteiger partial charge is 0.362 e. The molecule has 0 fully saturated rings. The van der Waals surface area contributed by atoms with Crippen molar-refractivity contribution in [1.82, 2.24) is 29.8 Å². The summed E-state index contributed by atoms with van der Waals surface area (Å²) in [6.07, 6.45) is -8.07. The second kappa shape index (κ2) is 8.99. The van der Waals surface area contributed by atoms with E-state index in [0.717, 1.165) is 15.8 Å². The van der Waals surface area contributed by atoms with Crippen molar-refractivity contribution in [1.29, 1.82) is 0 Å². The van der Waals surface area contributed by atoms with E-state index in [0.29, 0.717) is 23.5 Å². The van der Waals surface area contributed by atoms with Crippen LogP contribution in [0.3, 0.4) is 0 Å². The number of hydrogen-bond donors (Lipinski definition) is 0. The number of rotatable bonds is 6. The maximum atomic E-state index is 13.4. The topological polar surface area (TPSA) is 67.9 Å². The number of pyridine rings is 1. The van der Waals surface area contributed by atoms with Crippen LogP contribution >= 0.6 is 0 Å². The molecule has 0 radical (unpaired) electrons. The molecular formula is C22H22F6N8. The molecule has 1 aromatic carbocycles. The molecule has 0 saturated carbocycles. The molecule has 0 saturated heterocycles. The summed E-state index contributed by atoms with van der Waals surface area (Å²) in [7, 11) is 6.92. The molecule has 0 N–H and O–H groups in total. The lowest BCUT2D eigenvalue weighted by Gasteiger charge is -2.25. The van der Waals surface area contributed by atoms with Gasteiger partial charge in [-0.1, -0.05) is 5.10 Å². The van der Waals surface area contributed by atoms with Crippen molar-refractivity contribution in [2.45, 2.75) is 25.4 Å². The zero-order valence-electron chi connectivity index (χ0n) is 19.7. The molecular weight excluding hydrogens is 490 g/mol. The fourth-order valence-corrected chi connectivity index (χ4v) is 3.86. The first kappa shape index (κ1) is 25.3. The van der Waals surface area contributed by atoms with Crippen LogP contribution in [0, 0.1) is 0 Å². The van der Waals surface area contributed by atoms with Crippen LogP contribution < -0.4 is 9.80 Å². The Morgan fingerprint density at radius 1 is 0.889 bits per heavy atom. The Morgan fingerprint density at radius 2 is 1.53 bits per heavy atom. The predicted octanol–water partition coefficient (Wildman–Crippen LogP) is 4.41. The van der Waals surface area contributed by atoms with Gasteiger partial charge in [-0.3, -0.25) is 0 Å². The molecule has 4 aromatic rings. The van der Waals surface area contributed by atoms with Gasteiger partial charge in [0.1, 0.15) is 11.5 Å². The van der Waals surface area contributed by atoms with Crippen LogP contribution in [0.15, 0.2) is 36.5 Å². The molecule has 0 amide bonds. The highest BCUT2D eigenvalue weighted by Crippen LogP contribution is 2.37. The largest absolute Gasteiger partial charge is 0.416 e. The minimum absolute atomic E-state index is 0.0429. The third-order valence-corrected chi connectivity index (χ3v) is 5.49. The number of alkyl halides is 6. The summed E-state index contributed by atoms with van der Waals surface area (Å²) in [5.74, 6) is 0.625. The van der Waals surface area contributed by atoms with Gasteiger partial charge in [-0.25, -0.2) is 4.98 Å². The number of anilines is 2. The molecule has 0 spiro atoms. The monoisotopic (exact) mass is 512 g/mol. The van der Waals surface area contributed by atoms with Crippen LogP contribution in [0.25, 0.3) is 11.0 Å². The third-order valence-electron chi connectivity index (χ3n) is 5.49. The van der Waals surface area contributed by atoms with Gasteiger partial charge in [0.2, 0.25) is 0 Å². The Morgan fingerprint density at radius 3 is 2.06 bits per heavy atom. The first-order chi connectivity index (χ1) is 16.7. The number of fused-ring (bicyclic) bond motifs is 1. The average Bonchev–Trinajstić information content (AvgIpc) is 3.36. The highest BCUT2D eigenvalue weighted by Gasteiger charge is 2.37. The van der Waals surface area contributed by atoms with Crippen molar-refractivity contribution in [3.63, 3.8) is 0 Å². The van der Waals surface area contributed by atoms with E-state index < -0.39 is 23.5 Å². The Labute approximate surface area is 201 Å². The highest BCUT2D eigenvalue weighted by atomic mass is 19.4. The van der Waals surface area contributed by atoms with E-state index >= 15 is 0 Å². The lowest BCUT2D eigenvalue weighted by Crippen LogP contribution is -2.26. The Bertz CT molecular complexity index is 1350. The van der Waals surface area contributed by atoms with Gasteiger partial charge in [0, 0.05) is 51.4 Å². The van der Waals surface area contributed by atoms with Crippen LogP contribution in [0.5, 0.6) is 0 Å². The summed E-state index contributed by atoms with van der Waals surface area (Å²) >= 11 is 0. The van der Waals surface area contributed by atoms with Gasteiger partial charge >= 0.3 is 12.4 Å². The van der Waals surface area contributed by atoms with Crippen molar-refractivity contribution in [3.05, 3.63) is 58.8 Å². The number of halogens is 6. The minimum atomic E-state index is -4.95. The zero-order chi connectivity index (χ0) is 26.4. The standard InChI is InChI=1S/C22H22F6N8/c1-33(2)18-15(9-14-5-6-34(3)19(14)29-18)12-36(20-30-32-35(4)31-20)11-13-7-16(21(23,24)25)10-17(8-13)22(26,27)28/h5-10H,11-12H2,1-4H3. The number of aromatic nitrogens is 6. The maximum absolute atomic E-state index is 13.4. The lowest BCUT2D eigenvalue weighted by molar-refractivity contribution is -0.143. The number of hydrogen-bond acceptors (Lipinski definition) is 6. The molecule has 0 aliphatic carbocycles. The SMILES string of the molecule is CN(C)c1nc2c(ccn2C)cc1CN(Cc1cc(C(F)(F)F)cc(C(F)(F)F)c1)c1nnn(C)n1. The van der Waals surface area contributed by atoms with Crippen molar-refractivity contribution in [3.8, 4) is 0 Å². The predicted molar refractivity (Wildman–Crippen MR) is 120 cm³/mol. The molecule has 8 nitrogen and oxygen atoms in total. The van der Waals surface area contributed by atoms with Crippen LogP contribution in [0.1, 0.15) is 22.3 Å².